The summed E-state index contributed by atoms with van der Waals surface area (Å²) in [7, 11) is 1.32. The number of carbonyl (C=O) groups excluding carboxylic acids is 2. The number of esters is 1. The molecule has 1 amide bonds. The van der Waals surface area contributed by atoms with Crippen LogP contribution in [0.2, 0.25) is 5.02 Å². The van der Waals surface area contributed by atoms with Gasteiger partial charge in [-0.2, -0.15) is 0 Å². The summed E-state index contributed by atoms with van der Waals surface area (Å²) >= 11 is 8.82. The van der Waals surface area contributed by atoms with E-state index in [1.807, 2.05) is 37.5 Å². The smallest absolute Gasteiger partial charge is 0.340 e. The third-order valence-electron chi connectivity index (χ3n) is 4.69. The van der Waals surface area contributed by atoms with E-state index in [1.54, 1.807) is 18.2 Å². The Hall–Kier alpha value is -2.56. The zero-order valence-corrected chi connectivity index (χ0v) is 21.1. The Kier molecular flexibility index (Phi) is 8.76. The lowest BCUT2D eigenvalue weighted by molar-refractivity contribution is -0.113. The lowest BCUT2D eigenvalue weighted by Crippen LogP contribution is -2.16. The molecule has 0 saturated carbocycles. The van der Waals surface area contributed by atoms with Crippen molar-refractivity contribution in [2.45, 2.75) is 45.0 Å². The lowest BCUT2D eigenvalue weighted by atomic mass is 10.2. The molecule has 0 bridgehead atoms. The zero-order valence-electron chi connectivity index (χ0n) is 18.8. The molecule has 0 spiro atoms. The van der Waals surface area contributed by atoms with Gasteiger partial charge in [0.25, 0.3) is 0 Å². The van der Waals surface area contributed by atoms with E-state index < -0.39 is 5.97 Å². The Morgan fingerprint density at radius 3 is 2.70 bits per heavy atom. The summed E-state index contributed by atoms with van der Waals surface area (Å²) < 4.78 is 12.7. The van der Waals surface area contributed by atoms with Crippen molar-refractivity contribution in [1.29, 1.82) is 0 Å². The molecule has 8 nitrogen and oxygen atoms in total. The van der Waals surface area contributed by atoms with Gasteiger partial charge in [-0.25, -0.2) is 4.79 Å². The van der Waals surface area contributed by atoms with Crippen LogP contribution in [0.15, 0.2) is 35.5 Å². The van der Waals surface area contributed by atoms with Gasteiger partial charge in [-0.05, 0) is 38.5 Å². The van der Waals surface area contributed by atoms with Gasteiger partial charge in [0, 0.05) is 11.4 Å². The number of benzene rings is 1. The second-order valence-electron chi connectivity index (χ2n) is 6.91. The first kappa shape index (κ1) is 25.1. The molecule has 33 heavy (non-hydrogen) atoms. The Balaban J connectivity index is 1.67. The number of aryl methyl sites for hydroxylation is 1. The predicted octanol–water partition coefficient (Wildman–Crippen LogP) is 5.23. The van der Waals surface area contributed by atoms with Gasteiger partial charge in [-0.3, -0.25) is 4.79 Å². The van der Waals surface area contributed by atoms with Crippen molar-refractivity contribution >= 4 is 51.6 Å². The van der Waals surface area contributed by atoms with Crippen LogP contribution < -0.4 is 10.1 Å². The van der Waals surface area contributed by atoms with Gasteiger partial charge < -0.3 is 19.4 Å². The van der Waals surface area contributed by atoms with Gasteiger partial charge >= 0.3 is 5.97 Å². The summed E-state index contributed by atoms with van der Waals surface area (Å²) in [5.74, 6) is 0.588. The number of halogens is 1. The second kappa shape index (κ2) is 11.5. The number of para-hydroxylation sites is 1. The largest absolute Gasteiger partial charge is 0.481 e. The molecular weight excluding hydrogens is 484 g/mol. The van der Waals surface area contributed by atoms with Crippen LogP contribution in [-0.4, -0.2) is 39.5 Å². The maximum absolute atomic E-state index is 12.6. The molecule has 3 rings (SSSR count). The highest BCUT2D eigenvalue weighted by molar-refractivity contribution is 7.99. The van der Waals surface area contributed by atoms with Crippen molar-refractivity contribution in [1.82, 2.24) is 14.8 Å². The first-order valence-electron chi connectivity index (χ1n) is 10.4. The molecule has 0 aliphatic heterocycles. The Labute approximate surface area is 205 Å². The number of anilines is 1. The van der Waals surface area contributed by atoms with Gasteiger partial charge in [-0.1, -0.05) is 42.4 Å². The van der Waals surface area contributed by atoms with Crippen LogP contribution in [0, 0.1) is 0 Å². The summed E-state index contributed by atoms with van der Waals surface area (Å²) in [6.45, 7) is 6.44. The van der Waals surface area contributed by atoms with Crippen molar-refractivity contribution in [3.8, 4) is 5.75 Å². The number of methoxy groups -OCH3 is 1. The van der Waals surface area contributed by atoms with Crippen LogP contribution >= 0.6 is 34.7 Å². The molecule has 3 aromatic rings. The number of carbonyl (C=O) groups is 2. The SMILES string of the molecule is CCc1cc(C(=O)OC)c(NC(=O)CSc2nnc(C(C)Oc3ccccc3Cl)n2CC)s1. The molecule has 2 aromatic heterocycles. The molecule has 0 aliphatic carbocycles. The zero-order chi connectivity index (χ0) is 24.0. The van der Waals surface area contributed by atoms with Crippen molar-refractivity contribution in [2.75, 3.05) is 18.2 Å². The average molecular weight is 509 g/mol. The fourth-order valence-electron chi connectivity index (χ4n) is 3.05. The molecule has 0 fully saturated rings. The van der Waals surface area contributed by atoms with Crippen molar-refractivity contribution in [3.05, 3.63) is 51.6 Å². The topological polar surface area (TPSA) is 95.3 Å². The number of amides is 1. The first-order valence-corrected chi connectivity index (χ1v) is 12.5. The van der Waals surface area contributed by atoms with Crippen LogP contribution in [0.4, 0.5) is 5.00 Å². The van der Waals surface area contributed by atoms with E-state index in [2.05, 4.69) is 15.5 Å². The molecule has 1 aromatic carbocycles. The molecule has 11 heteroatoms. The van der Waals surface area contributed by atoms with Crippen LogP contribution in [0.5, 0.6) is 5.75 Å². The minimum Gasteiger partial charge on any atom is -0.481 e. The molecule has 2 heterocycles. The van der Waals surface area contributed by atoms with E-state index in [1.165, 1.54) is 30.2 Å². The third kappa shape index (κ3) is 6.07. The second-order valence-corrected chi connectivity index (χ2v) is 9.40. The average Bonchev–Trinajstić information content (AvgIpc) is 3.42. The Bertz CT molecular complexity index is 1130. The summed E-state index contributed by atoms with van der Waals surface area (Å²) in [5, 5.41) is 12.9. The molecule has 1 N–H and O–H groups in total. The predicted molar refractivity (Wildman–Crippen MR) is 131 cm³/mol. The fraction of sp³-hybridized carbons (Fsp3) is 0.364. The maximum atomic E-state index is 12.6. The number of nitrogens with one attached hydrogen (secondary N) is 1. The van der Waals surface area contributed by atoms with Crippen molar-refractivity contribution < 1.29 is 19.1 Å². The van der Waals surface area contributed by atoms with E-state index >= 15 is 0 Å². The highest BCUT2D eigenvalue weighted by atomic mass is 35.5. The standard InChI is InChI=1S/C22H25ClN4O4S2/c1-5-14-11-15(21(29)30-4)20(33-14)24-18(28)12-32-22-26-25-19(27(22)6-2)13(3)31-17-10-8-7-9-16(17)23/h7-11,13H,5-6,12H2,1-4H3,(H,24,28). The van der Waals surface area contributed by atoms with Crippen LogP contribution in [0.25, 0.3) is 0 Å². The molecule has 0 aliphatic rings. The van der Waals surface area contributed by atoms with Gasteiger partial charge in [-0.15, -0.1) is 21.5 Å². The number of hydrogen-bond acceptors (Lipinski definition) is 8. The summed E-state index contributed by atoms with van der Waals surface area (Å²) in [6.07, 6.45) is 0.373. The van der Waals surface area contributed by atoms with Gasteiger partial charge in [0.2, 0.25) is 5.91 Å². The molecule has 1 unspecified atom stereocenters. The van der Waals surface area contributed by atoms with Gasteiger partial charge in [0.1, 0.15) is 10.8 Å². The van der Waals surface area contributed by atoms with Crippen LogP contribution in [0.3, 0.4) is 0 Å². The number of thiophene rings is 1. The minimum atomic E-state index is -0.475. The molecule has 1 atom stereocenters. The van der Waals surface area contributed by atoms with E-state index in [-0.39, 0.29) is 17.8 Å². The van der Waals surface area contributed by atoms with E-state index in [4.69, 9.17) is 21.1 Å². The summed E-state index contributed by atoms with van der Waals surface area (Å²) in [6, 6.07) is 8.99. The maximum Gasteiger partial charge on any atom is 0.340 e. The van der Waals surface area contributed by atoms with Crippen LogP contribution in [-0.2, 0) is 22.5 Å². The Morgan fingerprint density at radius 1 is 1.27 bits per heavy atom. The van der Waals surface area contributed by atoms with E-state index in [0.29, 0.717) is 38.9 Å². The third-order valence-corrected chi connectivity index (χ3v) is 7.16. The first-order chi connectivity index (χ1) is 15.9. The highest BCUT2D eigenvalue weighted by Crippen LogP contribution is 2.31. The minimum absolute atomic E-state index is 0.109. The highest BCUT2D eigenvalue weighted by Gasteiger charge is 2.21. The number of ether oxygens (including phenoxy) is 2. The lowest BCUT2D eigenvalue weighted by Gasteiger charge is -2.16. The normalized spacial score (nSPS) is 11.8. The number of hydrogen-bond donors (Lipinski definition) is 1. The van der Waals surface area contributed by atoms with Crippen LogP contribution in [0.1, 0.15) is 47.9 Å². The Morgan fingerprint density at radius 2 is 2.03 bits per heavy atom. The number of aromatic nitrogens is 3. The van der Waals surface area contributed by atoms with Crippen molar-refractivity contribution in [3.63, 3.8) is 0 Å². The van der Waals surface area contributed by atoms with Gasteiger partial charge in [0.15, 0.2) is 17.1 Å². The molecule has 176 valence electrons. The number of rotatable bonds is 10. The molecular formula is C22H25ClN4O4S2. The monoisotopic (exact) mass is 508 g/mol. The van der Waals surface area contributed by atoms with E-state index in [9.17, 15) is 9.59 Å². The number of nitrogens with zero attached hydrogens (tertiary/aromatic N) is 3. The number of thioether (sulfide) groups is 1. The van der Waals surface area contributed by atoms with Gasteiger partial charge in [0.05, 0.1) is 23.4 Å². The fourth-order valence-corrected chi connectivity index (χ4v) is 5.04. The van der Waals surface area contributed by atoms with Crippen molar-refractivity contribution in [2.24, 2.45) is 0 Å². The quantitative estimate of drug-likeness (QED) is 0.296. The van der Waals surface area contributed by atoms with E-state index in [0.717, 1.165) is 11.3 Å². The molecule has 0 radical (unpaired) electrons. The summed E-state index contributed by atoms with van der Waals surface area (Å²) in [5.41, 5.74) is 0.363. The summed E-state index contributed by atoms with van der Waals surface area (Å²) in [4.78, 5) is 25.6. The molecule has 0 saturated heterocycles.